The lowest BCUT2D eigenvalue weighted by Crippen LogP contribution is -2.37. The average Bonchev–Trinajstić information content (AvgIpc) is 2.87. The second-order valence-electron chi connectivity index (χ2n) is 9.16. The van der Waals surface area contributed by atoms with E-state index in [1.54, 1.807) is 0 Å². The van der Waals surface area contributed by atoms with Crippen molar-refractivity contribution in [1.82, 2.24) is 19.1 Å². The van der Waals surface area contributed by atoms with Crippen LogP contribution >= 0.6 is 15.2 Å². The Balaban J connectivity index is 0.000000240. The van der Waals surface area contributed by atoms with E-state index in [1.165, 1.54) is 0 Å². The highest BCUT2D eigenvalue weighted by Gasteiger charge is 2.34. The SMILES string of the molecule is CC(n1c(=O)c(=O)[nH]c2cc(C(F)(F)F)ccc21)P(=O)(O)O.CC(n1c(=O)c(=O)[nH]c2cc(C(F)(F)F)ccc21)P(=O)(O)O. The molecule has 0 bridgehead atoms. The van der Waals surface area contributed by atoms with E-state index in [4.69, 9.17) is 19.6 Å². The second-order valence-corrected chi connectivity index (χ2v) is 13.0. The molecule has 0 saturated heterocycles. The van der Waals surface area contributed by atoms with E-state index in [2.05, 4.69) is 0 Å². The van der Waals surface area contributed by atoms with Gasteiger partial charge in [0.15, 0.2) is 0 Å². The maximum Gasteiger partial charge on any atom is 0.416 e. The lowest BCUT2D eigenvalue weighted by atomic mass is 10.2. The van der Waals surface area contributed by atoms with Crippen LogP contribution in [0.25, 0.3) is 22.1 Å². The molecule has 22 heteroatoms. The predicted octanol–water partition coefficient (Wildman–Crippen LogP) is 2.81. The Hall–Kier alpha value is -3.80. The van der Waals surface area contributed by atoms with E-state index in [0.717, 1.165) is 26.0 Å². The first-order valence-electron chi connectivity index (χ1n) is 11.7. The van der Waals surface area contributed by atoms with Crippen LogP contribution in [0.1, 0.15) is 36.5 Å². The number of alkyl halides is 6. The zero-order valence-electron chi connectivity index (χ0n) is 21.9. The summed E-state index contributed by atoms with van der Waals surface area (Å²) in [5.41, 5.74) is -8.32. The summed E-state index contributed by atoms with van der Waals surface area (Å²) in [5, 5.41) is 0. The molecule has 2 heterocycles. The monoisotopic (exact) mass is 676 g/mol. The number of benzene rings is 2. The van der Waals surface area contributed by atoms with Gasteiger partial charge in [-0.3, -0.25) is 37.4 Å². The minimum Gasteiger partial charge on any atom is -0.323 e. The Bertz CT molecular complexity index is 1940. The van der Waals surface area contributed by atoms with Gasteiger partial charge in [0, 0.05) is 0 Å². The highest BCUT2D eigenvalue weighted by Crippen LogP contribution is 2.49. The molecule has 0 amide bonds. The molecule has 0 radical (unpaired) electrons. The summed E-state index contributed by atoms with van der Waals surface area (Å²) < 4.78 is 99.6. The number of nitrogens with one attached hydrogen (secondary N) is 2. The Morgan fingerprint density at radius 1 is 0.636 bits per heavy atom. The maximum absolute atomic E-state index is 12.7. The zero-order chi connectivity index (χ0) is 33.7. The standard InChI is InChI=1S/2C11H10F3N2O5P/c2*1-5(22(19,20)21)16-8-3-2-6(11(12,13)14)4-7(8)15-9(17)10(16)18/h2*2-5H,1H3,(H,15,17)(H2,19,20,21). The number of fused-ring (bicyclic) bond motifs is 2. The molecule has 4 rings (SSSR count). The van der Waals surface area contributed by atoms with Crippen molar-refractivity contribution < 1.29 is 55.0 Å². The van der Waals surface area contributed by atoms with Crippen molar-refractivity contribution in [2.24, 2.45) is 0 Å². The molecule has 0 fully saturated rings. The average molecular weight is 676 g/mol. The van der Waals surface area contributed by atoms with Crippen molar-refractivity contribution in [2.75, 3.05) is 0 Å². The lowest BCUT2D eigenvalue weighted by molar-refractivity contribution is -0.138. The smallest absolute Gasteiger partial charge is 0.323 e. The highest BCUT2D eigenvalue weighted by atomic mass is 31.2. The van der Waals surface area contributed by atoms with Gasteiger partial charge in [-0.25, -0.2) is 0 Å². The van der Waals surface area contributed by atoms with Crippen molar-refractivity contribution in [3.8, 4) is 0 Å². The Morgan fingerprint density at radius 3 is 1.18 bits per heavy atom. The van der Waals surface area contributed by atoms with Gasteiger partial charge in [0.05, 0.1) is 33.2 Å². The maximum atomic E-state index is 12.7. The molecule has 0 saturated carbocycles. The van der Waals surface area contributed by atoms with Gasteiger partial charge >= 0.3 is 49.8 Å². The fourth-order valence-electron chi connectivity index (χ4n) is 3.88. The highest BCUT2D eigenvalue weighted by molar-refractivity contribution is 7.52. The first-order valence-corrected chi connectivity index (χ1v) is 15.0. The Morgan fingerprint density at radius 2 is 0.932 bits per heavy atom. The summed E-state index contributed by atoms with van der Waals surface area (Å²) in [4.78, 5) is 87.2. The summed E-state index contributed by atoms with van der Waals surface area (Å²) in [6.07, 6.45) is -9.33. The van der Waals surface area contributed by atoms with Crippen LogP contribution in [0.3, 0.4) is 0 Å². The summed E-state index contributed by atoms with van der Waals surface area (Å²) in [6, 6.07) is 4.26. The Labute approximate surface area is 238 Å². The fourth-order valence-corrected chi connectivity index (χ4v) is 4.94. The van der Waals surface area contributed by atoms with Crippen LogP contribution in [0.5, 0.6) is 0 Å². The van der Waals surface area contributed by atoms with Crippen molar-refractivity contribution in [3.05, 3.63) is 88.9 Å². The number of halogens is 6. The third-order valence-electron chi connectivity index (χ3n) is 6.21. The molecule has 2 atom stereocenters. The molecule has 2 aromatic heterocycles. The molecule has 44 heavy (non-hydrogen) atoms. The number of H-pyrrole nitrogens is 2. The van der Waals surface area contributed by atoms with Crippen LogP contribution in [-0.2, 0) is 21.5 Å². The number of aromatic amines is 2. The van der Waals surface area contributed by atoms with E-state index in [-0.39, 0.29) is 22.1 Å². The van der Waals surface area contributed by atoms with Gasteiger partial charge in [-0.1, -0.05) is 0 Å². The van der Waals surface area contributed by atoms with Crippen LogP contribution in [0.2, 0.25) is 0 Å². The third-order valence-corrected chi connectivity index (χ3v) is 8.62. The molecule has 14 nitrogen and oxygen atoms in total. The number of hydrogen-bond donors (Lipinski definition) is 6. The summed E-state index contributed by atoms with van der Waals surface area (Å²) in [6.45, 7) is 2.00. The summed E-state index contributed by atoms with van der Waals surface area (Å²) in [7, 11) is -9.57. The van der Waals surface area contributed by atoms with Crippen LogP contribution in [0.15, 0.2) is 55.6 Å². The van der Waals surface area contributed by atoms with Crippen LogP contribution < -0.4 is 22.2 Å². The van der Waals surface area contributed by atoms with Crippen LogP contribution in [-0.4, -0.2) is 38.7 Å². The topological polar surface area (TPSA) is 225 Å². The number of hydrogen-bond acceptors (Lipinski definition) is 6. The van der Waals surface area contributed by atoms with Gasteiger partial charge < -0.3 is 29.5 Å². The molecule has 2 aromatic carbocycles. The largest absolute Gasteiger partial charge is 0.416 e. The second kappa shape index (κ2) is 11.6. The minimum atomic E-state index is -4.79. The zero-order valence-corrected chi connectivity index (χ0v) is 23.7. The molecular weight excluding hydrogens is 656 g/mol. The van der Waals surface area contributed by atoms with E-state index >= 15 is 0 Å². The molecule has 2 unspecified atom stereocenters. The molecule has 4 aromatic rings. The van der Waals surface area contributed by atoms with Gasteiger partial charge in [0.1, 0.15) is 11.6 Å². The molecule has 6 N–H and O–H groups in total. The quantitative estimate of drug-likeness (QED) is 0.105. The molecule has 240 valence electrons. The van der Waals surface area contributed by atoms with Gasteiger partial charge in [0.2, 0.25) is 0 Å². The molecule has 0 aliphatic carbocycles. The normalized spacial score (nSPS) is 14.3. The minimum absolute atomic E-state index is 0.214. The van der Waals surface area contributed by atoms with Gasteiger partial charge in [-0.05, 0) is 50.2 Å². The van der Waals surface area contributed by atoms with Gasteiger partial charge in [0.25, 0.3) is 0 Å². The molecule has 0 aliphatic heterocycles. The third kappa shape index (κ3) is 7.11. The lowest BCUT2D eigenvalue weighted by Gasteiger charge is -2.19. The van der Waals surface area contributed by atoms with Crippen molar-refractivity contribution in [1.29, 1.82) is 0 Å². The molecular formula is C22H20F6N4O10P2. The van der Waals surface area contributed by atoms with E-state index in [0.29, 0.717) is 33.4 Å². The van der Waals surface area contributed by atoms with E-state index in [9.17, 15) is 54.7 Å². The summed E-state index contributed by atoms with van der Waals surface area (Å²) in [5.74, 6) is -3.39. The Kier molecular flexibility index (Phi) is 9.15. The van der Waals surface area contributed by atoms with Crippen molar-refractivity contribution in [3.63, 3.8) is 0 Å². The van der Waals surface area contributed by atoms with E-state index < -0.39 is 72.5 Å². The number of nitrogens with zero attached hydrogens (tertiary/aromatic N) is 2. The number of aromatic nitrogens is 4. The first-order chi connectivity index (χ1) is 19.9. The van der Waals surface area contributed by atoms with E-state index in [1.807, 2.05) is 9.97 Å². The first kappa shape index (κ1) is 34.7. The molecule has 0 aliphatic rings. The van der Waals surface area contributed by atoms with Crippen molar-refractivity contribution >= 4 is 37.3 Å². The molecule has 0 spiro atoms. The van der Waals surface area contributed by atoms with Crippen LogP contribution in [0, 0.1) is 0 Å². The van der Waals surface area contributed by atoms with Crippen LogP contribution in [0.4, 0.5) is 26.3 Å². The summed E-state index contributed by atoms with van der Waals surface area (Å²) >= 11 is 0. The predicted molar refractivity (Wildman–Crippen MR) is 141 cm³/mol. The van der Waals surface area contributed by atoms with Crippen molar-refractivity contribution in [2.45, 2.75) is 37.8 Å². The van der Waals surface area contributed by atoms with Gasteiger partial charge in [-0.15, -0.1) is 0 Å². The fraction of sp³-hybridized carbons (Fsp3) is 0.273. The van der Waals surface area contributed by atoms with Gasteiger partial charge in [-0.2, -0.15) is 26.3 Å². The number of rotatable bonds is 4.